The Morgan fingerprint density at radius 3 is 2.50 bits per heavy atom. The van der Waals surface area contributed by atoms with Crippen LogP contribution in [0.1, 0.15) is 65.2 Å². The van der Waals surface area contributed by atoms with E-state index in [0.717, 1.165) is 12.8 Å². The molecule has 0 amide bonds. The van der Waals surface area contributed by atoms with E-state index in [1.807, 2.05) is 6.92 Å². The maximum atomic E-state index is 10.6. The molecule has 10 heteroatoms. The SMILES string of the molecule is CCCCCCCCCC1(C)OCC(COCC(O)CN(C)CCS(=O)(=O)[O-])O1.[Na+]. The van der Waals surface area contributed by atoms with Crippen LogP contribution < -0.4 is 29.6 Å². The first kappa shape index (κ1) is 30.7. The summed E-state index contributed by atoms with van der Waals surface area (Å²) < 4.78 is 49.3. The molecule has 0 aromatic rings. The van der Waals surface area contributed by atoms with Crippen molar-refractivity contribution in [1.29, 1.82) is 0 Å². The second-order valence-electron chi connectivity index (χ2n) is 8.27. The standard InChI is InChI=1S/C20H41NO7S.Na/c1-4-5-6-7-8-9-10-11-20(2)27-17-19(28-20)16-26-15-18(22)14-21(3)12-13-29(23,24)25;/h18-19,22H,4-17H2,1-3H3,(H,23,24,25);/q;+1/p-1. The first-order valence-electron chi connectivity index (χ1n) is 10.8. The minimum absolute atomic E-state index is 0. The maximum Gasteiger partial charge on any atom is 1.00 e. The minimum atomic E-state index is -4.24. The number of likely N-dealkylation sites (N-methyl/N-ethyl adjacent to an activating group) is 1. The quantitative estimate of drug-likeness (QED) is 0.169. The monoisotopic (exact) mass is 461 g/mol. The first-order chi connectivity index (χ1) is 13.6. The van der Waals surface area contributed by atoms with Gasteiger partial charge < -0.3 is 28.8 Å². The Balaban J connectivity index is 0.00000841. The molecule has 1 aliphatic rings. The summed E-state index contributed by atoms with van der Waals surface area (Å²) in [5.74, 6) is -1.03. The van der Waals surface area contributed by atoms with Crippen molar-refractivity contribution in [3.05, 3.63) is 0 Å². The Hall–Kier alpha value is 0.710. The average Bonchev–Trinajstić information content (AvgIpc) is 3.00. The van der Waals surface area contributed by atoms with Gasteiger partial charge in [0, 0.05) is 19.5 Å². The Morgan fingerprint density at radius 2 is 1.87 bits per heavy atom. The zero-order valence-corrected chi connectivity index (χ0v) is 22.1. The molecule has 1 rings (SSSR count). The molecule has 0 aromatic heterocycles. The molecule has 0 aliphatic carbocycles. The minimum Gasteiger partial charge on any atom is -0.748 e. The summed E-state index contributed by atoms with van der Waals surface area (Å²) in [5.41, 5.74) is 0. The van der Waals surface area contributed by atoms with E-state index < -0.39 is 27.8 Å². The molecule has 30 heavy (non-hydrogen) atoms. The van der Waals surface area contributed by atoms with E-state index in [1.54, 1.807) is 11.9 Å². The largest absolute Gasteiger partial charge is 1.00 e. The summed E-state index contributed by atoms with van der Waals surface area (Å²) in [5, 5.41) is 9.98. The molecule has 0 aromatic carbocycles. The van der Waals surface area contributed by atoms with Crippen LogP contribution in [0.5, 0.6) is 0 Å². The molecule has 1 saturated heterocycles. The van der Waals surface area contributed by atoms with Crippen molar-refractivity contribution in [3.8, 4) is 0 Å². The van der Waals surface area contributed by atoms with Crippen LogP contribution in [0.2, 0.25) is 0 Å². The summed E-state index contributed by atoms with van der Waals surface area (Å²) in [6, 6.07) is 0. The van der Waals surface area contributed by atoms with Crippen LogP contribution in [0.25, 0.3) is 0 Å². The van der Waals surface area contributed by atoms with Gasteiger partial charge >= 0.3 is 29.6 Å². The van der Waals surface area contributed by atoms with Gasteiger partial charge in [-0.1, -0.05) is 45.4 Å². The molecule has 0 radical (unpaired) electrons. The van der Waals surface area contributed by atoms with Crippen LogP contribution in [0.4, 0.5) is 0 Å². The zero-order valence-electron chi connectivity index (χ0n) is 19.3. The first-order valence-corrected chi connectivity index (χ1v) is 12.4. The molecule has 3 atom stereocenters. The van der Waals surface area contributed by atoms with E-state index in [0.29, 0.717) is 13.2 Å². The molecule has 1 N–H and O–H groups in total. The summed E-state index contributed by atoms with van der Waals surface area (Å²) in [6.07, 6.45) is 8.69. The molecular formula is C20H40NNaO7S. The van der Waals surface area contributed by atoms with E-state index in [9.17, 15) is 18.1 Å². The van der Waals surface area contributed by atoms with Crippen molar-refractivity contribution in [3.63, 3.8) is 0 Å². The summed E-state index contributed by atoms with van der Waals surface area (Å²) >= 11 is 0. The normalized spacial score (nSPS) is 22.9. The Labute approximate surface area is 205 Å². The fraction of sp³-hybridized carbons (Fsp3) is 1.00. The Morgan fingerprint density at radius 1 is 1.23 bits per heavy atom. The second kappa shape index (κ2) is 16.3. The van der Waals surface area contributed by atoms with E-state index in [-0.39, 0.29) is 55.4 Å². The van der Waals surface area contributed by atoms with Crippen LogP contribution in [0, 0.1) is 0 Å². The second-order valence-corrected chi connectivity index (χ2v) is 9.79. The molecule has 1 heterocycles. The number of rotatable bonds is 17. The third-order valence-electron chi connectivity index (χ3n) is 5.08. The molecule has 0 spiro atoms. The molecule has 8 nitrogen and oxygen atoms in total. The van der Waals surface area contributed by atoms with Gasteiger partial charge in [0.2, 0.25) is 0 Å². The van der Waals surface area contributed by atoms with Crippen LogP contribution in [-0.2, 0) is 24.3 Å². The van der Waals surface area contributed by atoms with Crippen molar-refractivity contribution < 1.29 is 61.8 Å². The van der Waals surface area contributed by atoms with Crippen LogP contribution >= 0.6 is 0 Å². The third-order valence-corrected chi connectivity index (χ3v) is 5.77. The number of hydrogen-bond donors (Lipinski definition) is 1. The molecular weight excluding hydrogens is 421 g/mol. The number of unbranched alkanes of at least 4 members (excludes halogenated alkanes) is 6. The van der Waals surface area contributed by atoms with E-state index in [2.05, 4.69) is 6.92 Å². The topological polar surface area (TPSA) is 108 Å². The predicted octanol–water partition coefficient (Wildman–Crippen LogP) is -0.883. The molecule has 1 fully saturated rings. The van der Waals surface area contributed by atoms with Crippen molar-refractivity contribution in [2.75, 3.05) is 45.7 Å². The maximum absolute atomic E-state index is 10.6. The molecule has 3 unspecified atom stereocenters. The third kappa shape index (κ3) is 15.5. The number of aliphatic hydroxyl groups is 1. The fourth-order valence-electron chi connectivity index (χ4n) is 3.41. The molecule has 174 valence electrons. The van der Waals surface area contributed by atoms with Crippen LogP contribution in [0.3, 0.4) is 0 Å². The number of nitrogens with zero attached hydrogens (tertiary/aromatic N) is 1. The van der Waals surface area contributed by atoms with E-state index in [4.69, 9.17) is 14.2 Å². The van der Waals surface area contributed by atoms with Gasteiger partial charge in [-0.3, -0.25) is 0 Å². The zero-order chi connectivity index (χ0) is 21.8. The molecule has 0 saturated carbocycles. The Kier molecular flexibility index (Phi) is 16.7. The Bertz CT molecular complexity index is 537. The van der Waals surface area contributed by atoms with E-state index >= 15 is 0 Å². The van der Waals surface area contributed by atoms with E-state index in [1.165, 1.54) is 38.5 Å². The van der Waals surface area contributed by atoms with Crippen molar-refractivity contribution >= 4 is 10.1 Å². The average molecular weight is 462 g/mol. The van der Waals surface area contributed by atoms with Gasteiger partial charge in [0.05, 0.1) is 41.8 Å². The number of ether oxygens (including phenoxy) is 3. The van der Waals surface area contributed by atoms with Crippen molar-refractivity contribution in [2.24, 2.45) is 0 Å². The summed E-state index contributed by atoms with van der Waals surface area (Å²) in [6.45, 7) is 5.43. The van der Waals surface area contributed by atoms with Crippen molar-refractivity contribution in [1.82, 2.24) is 4.90 Å². The molecule has 1 aliphatic heterocycles. The molecule has 0 bridgehead atoms. The van der Waals surface area contributed by atoms with Crippen molar-refractivity contribution in [2.45, 2.75) is 83.2 Å². The van der Waals surface area contributed by atoms with Gasteiger partial charge in [-0.05, 0) is 20.4 Å². The van der Waals surface area contributed by atoms with Crippen LogP contribution in [-0.4, -0.2) is 86.7 Å². The smallest absolute Gasteiger partial charge is 0.748 e. The number of hydrogen-bond acceptors (Lipinski definition) is 8. The van der Waals surface area contributed by atoms with Gasteiger partial charge in [-0.15, -0.1) is 0 Å². The van der Waals surface area contributed by atoms with Gasteiger partial charge in [-0.2, -0.15) is 0 Å². The van der Waals surface area contributed by atoms with Crippen LogP contribution in [0.15, 0.2) is 0 Å². The van der Waals surface area contributed by atoms with Gasteiger partial charge in [0.15, 0.2) is 5.79 Å². The van der Waals surface area contributed by atoms with Gasteiger partial charge in [0.1, 0.15) is 6.10 Å². The van der Waals surface area contributed by atoms with Gasteiger partial charge in [0.25, 0.3) is 0 Å². The summed E-state index contributed by atoms with van der Waals surface area (Å²) in [7, 11) is -2.59. The predicted molar refractivity (Wildman–Crippen MR) is 111 cm³/mol. The summed E-state index contributed by atoms with van der Waals surface area (Å²) in [4.78, 5) is 1.60. The fourth-order valence-corrected chi connectivity index (χ4v) is 3.95. The van der Waals surface area contributed by atoms with Gasteiger partial charge in [-0.25, -0.2) is 8.42 Å². The number of aliphatic hydroxyl groups excluding tert-OH is 1.